The third kappa shape index (κ3) is 4.72. The van der Waals surface area contributed by atoms with Crippen molar-refractivity contribution in [2.45, 2.75) is 45.8 Å². The summed E-state index contributed by atoms with van der Waals surface area (Å²) in [6, 6.07) is -0.0974. The van der Waals surface area contributed by atoms with Gasteiger partial charge in [-0.1, -0.05) is 18.7 Å². The Morgan fingerprint density at radius 2 is 2.15 bits per heavy atom. The maximum absolute atomic E-state index is 12.0. The van der Waals surface area contributed by atoms with Crippen molar-refractivity contribution in [1.29, 1.82) is 0 Å². The van der Waals surface area contributed by atoms with Crippen LogP contribution in [0.25, 0.3) is 0 Å². The summed E-state index contributed by atoms with van der Waals surface area (Å²) in [7, 11) is 0. The Balaban J connectivity index is 2.65. The molecule has 0 spiro atoms. The quantitative estimate of drug-likeness (QED) is 0.589. The number of carbonyl (C=O) groups is 2. The molecule has 20 heavy (non-hydrogen) atoms. The Labute approximate surface area is 120 Å². The van der Waals surface area contributed by atoms with Gasteiger partial charge < -0.3 is 14.4 Å². The fourth-order valence-electron chi connectivity index (χ4n) is 1.88. The largest absolute Gasteiger partial charge is 0.457 e. The van der Waals surface area contributed by atoms with Crippen LogP contribution in [0.3, 0.4) is 0 Å². The second-order valence-electron chi connectivity index (χ2n) is 5.80. The molecule has 0 aromatic rings. The van der Waals surface area contributed by atoms with Crippen LogP contribution in [0.15, 0.2) is 24.3 Å². The van der Waals surface area contributed by atoms with Crippen molar-refractivity contribution >= 4 is 12.1 Å². The molecule has 1 aliphatic rings. The fourth-order valence-corrected chi connectivity index (χ4v) is 1.88. The molecule has 0 saturated carbocycles. The molecule has 112 valence electrons. The molecule has 0 aliphatic carbocycles. The van der Waals surface area contributed by atoms with E-state index in [-0.39, 0.29) is 18.6 Å². The van der Waals surface area contributed by atoms with Gasteiger partial charge in [0.1, 0.15) is 12.2 Å². The molecule has 1 rings (SSSR count). The van der Waals surface area contributed by atoms with Gasteiger partial charge in [-0.25, -0.2) is 9.59 Å². The SMILES string of the molecule is C=CCOC(=O)N1CC=C(C(=O)OC(C)(C)C)C[C@@H]1C. The summed E-state index contributed by atoms with van der Waals surface area (Å²) >= 11 is 0. The predicted octanol–water partition coefficient (Wildman–Crippen LogP) is 2.67. The normalized spacial score (nSPS) is 19.1. The van der Waals surface area contributed by atoms with E-state index in [4.69, 9.17) is 9.47 Å². The van der Waals surface area contributed by atoms with Gasteiger partial charge in [0.15, 0.2) is 0 Å². The molecule has 0 fully saturated rings. The minimum absolute atomic E-state index is 0.0974. The molecule has 1 aliphatic heterocycles. The van der Waals surface area contributed by atoms with E-state index in [0.29, 0.717) is 18.5 Å². The molecule has 1 heterocycles. The van der Waals surface area contributed by atoms with Crippen molar-refractivity contribution in [3.05, 3.63) is 24.3 Å². The summed E-state index contributed by atoms with van der Waals surface area (Å²) in [5.74, 6) is -0.316. The van der Waals surface area contributed by atoms with Crippen LogP contribution in [-0.2, 0) is 14.3 Å². The van der Waals surface area contributed by atoms with Gasteiger partial charge in [0.25, 0.3) is 0 Å². The van der Waals surface area contributed by atoms with Crippen LogP contribution in [0, 0.1) is 0 Å². The van der Waals surface area contributed by atoms with Crippen LogP contribution in [0.5, 0.6) is 0 Å². The fraction of sp³-hybridized carbons (Fsp3) is 0.600. The molecule has 0 radical (unpaired) electrons. The lowest BCUT2D eigenvalue weighted by molar-refractivity contribution is -0.150. The number of nitrogens with zero attached hydrogens (tertiary/aromatic N) is 1. The summed E-state index contributed by atoms with van der Waals surface area (Å²) in [4.78, 5) is 25.3. The summed E-state index contributed by atoms with van der Waals surface area (Å²) in [6.07, 6.45) is 3.33. The standard InChI is InChI=1S/C15H23NO4/c1-6-9-19-14(18)16-8-7-12(10-11(16)2)13(17)20-15(3,4)5/h6-7,11H,1,8-10H2,2-5H3/t11-/m0/s1. The first-order valence-electron chi connectivity index (χ1n) is 6.71. The molecule has 0 saturated heterocycles. The molecule has 5 nitrogen and oxygen atoms in total. The highest BCUT2D eigenvalue weighted by Gasteiger charge is 2.29. The first kappa shape index (κ1) is 16.3. The Bertz CT molecular complexity index is 420. The summed E-state index contributed by atoms with van der Waals surface area (Å²) < 4.78 is 10.3. The summed E-state index contributed by atoms with van der Waals surface area (Å²) in [5, 5.41) is 0. The van der Waals surface area contributed by atoms with Gasteiger partial charge >= 0.3 is 12.1 Å². The molecular formula is C15H23NO4. The van der Waals surface area contributed by atoms with Crippen molar-refractivity contribution in [2.24, 2.45) is 0 Å². The predicted molar refractivity (Wildman–Crippen MR) is 76.3 cm³/mol. The van der Waals surface area contributed by atoms with Crippen LogP contribution in [0.2, 0.25) is 0 Å². The molecule has 5 heteroatoms. The molecular weight excluding hydrogens is 258 g/mol. The van der Waals surface area contributed by atoms with Crippen LogP contribution in [-0.4, -0.2) is 41.8 Å². The maximum Gasteiger partial charge on any atom is 0.410 e. The van der Waals surface area contributed by atoms with E-state index in [2.05, 4.69) is 6.58 Å². The molecule has 0 aromatic heterocycles. The number of hydrogen-bond acceptors (Lipinski definition) is 4. The average molecular weight is 281 g/mol. The van der Waals surface area contributed by atoms with E-state index in [1.165, 1.54) is 6.08 Å². The molecule has 1 atom stereocenters. The van der Waals surface area contributed by atoms with Gasteiger partial charge in [0.05, 0.1) is 0 Å². The number of ether oxygens (including phenoxy) is 2. The highest BCUT2D eigenvalue weighted by molar-refractivity contribution is 5.89. The first-order chi connectivity index (χ1) is 9.24. The van der Waals surface area contributed by atoms with Gasteiger partial charge in [-0.2, -0.15) is 0 Å². The first-order valence-corrected chi connectivity index (χ1v) is 6.71. The lowest BCUT2D eigenvalue weighted by Gasteiger charge is -2.32. The summed E-state index contributed by atoms with van der Waals surface area (Å²) in [6.45, 7) is 11.4. The highest BCUT2D eigenvalue weighted by atomic mass is 16.6. The smallest absolute Gasteiger partial charge is 0.410 e. The van der Waals surface area contributed by atoms with Crippen molar-refractivity contribution in [3.8, 4) is 0 Å². The zero-order valence-electron chi connectivity index (χ0n) is 12.6. The maximum atomic E-state index is 12.0. The third-order valence-electron chi connectivity index (χ3n) is 2.80. The second-order valence-corrected chi connectivity index (χ2v) is 5.80. The lowest BCUT2D eigenvalue weighted by Crippen LogP contribution is -2.43. The Kier molecular flexibility index (Phi) is 5.36. The molecule has 0 N–H and O–H groups in total. The van der Waals surface area contributed by atoms with Gasteiger partial charge in [0.2, 0.25) is 0 Å². The zero-order chi connectivity index (χ0) is 15.3. The van der Waals surface area contributed by atoms with E-state index < -0.39 is 11.7 Å². The lowest BCUT2D eigenvalue weighted by atomic mass is 10.0. The topological polar surface area (TPSA) is 55.8 Å². The molecule has 0 unspecified atom stereocenters. The second kappa shape index (κ2) is 6.59. The zero-order valence-corrected chi connectivity index (χ0v) is 12.6. The number of hydrogen-bond donors (Lipinski definition) is 0. The monoisotopic (exact) mass is 281 g/mol. The highest BCUT2D eigenvalue weighted by Crippen LogP contribution is 2.21. The van der Waals surface area contributed by atoms with E-state index in [9.17, 15) is 9.59 Å². The molecule has 0 bridgehead atoms. The number of rotatable bonds is 3. The van der Waals surface area contributed by atoms with Crippen LogP contribution >= 0.6 is 0 Å². The minimum atomic E-state index is -0.513. The number of amides is 1. The van der Waals surface area contributed by atoms with Gasteiger partial charge in [0, 0.05) is 18.2 Å². The Morgan fingerprint density at radius 1 is 1.50 bits per heavy atom. The van der Waals surface area contributed by atoms with Crippen molar-refractivity contribution in [3.63, 3.8) is 0 Å². The number of carbonyl (C=O) groups excluding carboxylic acids is 2. The van der Waals surface area contributed by atoms with E-state index >= 15 is 0 Å². The molecule has 0 aromatic carbocycles. The Morgan fingerprint density at radius 3 is 2.65 bits per heavy atom. The number of esters is 1. The van der Waals surface area contributed by atoms with E-state index in [1.807, 2.05) is 27.7 Å². The van der Waals surface area contributed by atoms with Crippen LogP contribution in [0.4, 0.5) is 4.79 Å². The van der Waals surface area contributed by atoms with Crippen molar-refractivity contribution < 1.29 is 19.1 Å². The van der Waals surface area contributed by atoms with Crippen LogP contribution < -0.4 is 0 Å². The van der Waals surface area contributed by atoms with Gasteiger partial charge in [-0.05, 0) is 34.1 Å². The molecule has 1 amide bonds. The van der Waals surface area contributed by atoms with Crippen molar-refractivity contribution in [2.75, 3.05) is 13.2 Å². The average Bonchev–Trinajstić information content (AvgIpc) is 2.33. The summed E-state index contributed by atoms with van der Waals surface area (Å²) in [5.41, 5.74) is 0.0986. The van der Waals surface area contributed by atoms with E-state index in [0.717, 1.165) is 0 Å². The van der Waals surface area contributed by atoms with Gasteiger partial charge in [-0.3, -0.25) is 0 Å². The van der Waals surface area contributed by atoms with Gasteiger partial charge in [-0.15, -0.1) is 0 Å². The third-order valence-corrected chi connectivity index (χ3v) is 2.80. The Hall–Kier alpha value is -1.78. The van der Waals surface area contributed by atoms with E-state index in [1.54, 1.807) is 11.0 Å². The van der Waals surface area contributed by atoms with Crippen molar-refractivity contribution in [1.82, 2.24) is 4.90 Å². The van der Waals surface area contributed by atoms with Crippen LogP contribution in [0.1, 0.15) is 34.1 Å². The minimum Gasteiger partial charge on any atom is -0.457 e.